The lowest BCUT2D eigenvalue weighted by Crippen LogP contribution is -2.48. The van der Waals surface area contributed by atoms with Crippen molar-refractivity contribution in [3.05, 3.63) is 54.6 Å². The quantitative estimate of drug-likeness (QED) is 0.886. The lowest BCUT2D eigenvalue weighted by atomic mass is 10.1. The van der Waals surface area contributed by atoms with Crippen LogP contribution in [0.1, 0.15) is 13.3 Å². The summed E-state index contributed by atoms with van der Waals surface area (Å²) in [6, 6.07) is 16.8. The van der Waals surface area contributed by atoms with Gasteiger partial charge in [-0.1, -0.05) is 30.3 Å². The van der Waals surface area contributed by atoms with E-state index in [1.54, 1.807) is 0 Å². The second-order valence-corrected chi connectivity index (χ2v) is 5.68. The molecule has 1 amide bonds. The average Bonchev–Trinajstić information content (AvgIpc) is 2.62. The van der Waals surface area contributed by atoms with Crippen LogP contribution in [0.15, 0.2) is 54.6 Å². The number of carbonyl (C=O) groups excluding carboxylic acids is 1. The third-order valence-electron chi connectivity index (χ3n) is 3.82. The molecule has 2 aromatic rings. The van der Waals surface area contributed by atoms with Crippen molar-refractivity contribution in [2.75, 3.05) is 13.2 Å². The number of hydrogen-bond acceptors (Lipinski definition) is 4. The molecule has 0 aromatic heterocycles. The number of hydrogen-bond donors (Lipinski definition) is 1. The molecule has 0 radical (unpaired) electrons. The number of amides is 1. The summed E-state index contributed by atoms with van der Waals surface area (Å²) in [6.07, 6.45) is 0.0857. The fourth-order valence-corrected chi connectivity index (χ4v) is 2.48. The van der Waals surface area contributed by atoms with E-state index in [0.29, 0.717) is 25.4 Å². The Kier molecular flexibility index (Phi) is 5.21. The Morgan fingerprint density at radius 2 is 1.88 bits per heavy atom. The third-order valence-corrected chi connectivity index (χ3v) is 3.82. The van der Waals surface area contributed by atoms with E-state index in [1.165, 1.54) is 0 Å². The highest BCUT2D eigenvalue weighted by Crippen LogP contribution is 2.31. The highest BCUT2D eigenvalue weighted by Gasteiger charge is 2.26. The Hall–Kier alpha value is -2.69. The minimum absolute atomic E-state index is 0.0686. The predicted octanol–water partition coefficient (Wildman–Crippen LogP) is 2.80. The topological polar surface area (TPSA) is 56.8 Å². The SMILES string of the molecule is C[C@@H](NC(=O)CCOc1ccccc1)[C@H]1COc2ccccc2O1. The number of para-hydroxylation sites is 3. The second-order valence-electron chi connectivity index (χ2n) is 5.68. The second kappa shape index (κ2) is 7.73. The zero-order valence-electron chi connectivity index (χ0n) is 13.6. The van der Waals surface area contributed by atoms with E-state index in [0.717, 1.165) is 11.5 Å². The van der Waals surface area contributed by atoms with Crippen LogP contribution in [0.4, 0.5) is 0 Å². The molecule has 0 fully saturated rings. The van der Waals surface area contributed by atoms with Gasteiger partial charge in [-0.2, -0.15) is 0 Å². The molecular formula is C19H21NO4. The van der Waals surface area contributed by atoms with Gasteiger partial charge in [-0.15, -0.1) is 0 Å². The maximum absolute atomic E-state index is 12.0. The van der Waals surface area contributed by atoms with Gasteiger partial charge in [0.25, 0.3) is 0 Å². The van der Waals surface area contributed by atoms with E-state index in [2.05, 4.69) is 5.32 Å². The summed E-state index contributed by atoms with van der Waals surface area (Å²) in [7, 11) is 0. The Morgan fingerprint density at radius 3 is 2.67 bits per heavy atom. The normalized spacial score (nSPS) is 17.0. The van der Waals surface area contributed by atoms with Gasteiger partial charge in [0, 0.05) is 0 Å². The first-order valence-electron chi connectivity index (χ1n) is 8.08. The zero-order valence-corrected chi connectivity index (χ0v) is 13.6. The molecule has 3 rings (SSSR count). The largest absolute Gasteiger partial charge is 0.493 e. The molecule has 5 nitrogen and oxygen atoms in total. The molecule has 1 N–H and O–H groups in total. The first-order chi connectivity index (χ1) is 11.7. The molecule has 1 heterocycles. The van der Waals surface area contributed by atoms with Gasteiger partial charge >= 0.3 is 0 Å². The maximum atomic E-state index is 12.0. The number of benzene rings is 2. The van der Waals surface area contributed by atoms with Crippen molar-refractivity contribution in [3.63, 3.8) is 0 Å². The molecular weight excluding hydrogens is 306 g/mol. The fraction of sp³-hybridized carbons (Fsp3) is 0.316. The van der Waals surface area contributed by atoms with Crippen LogP contribution in [0.5, 0.6) is 17.2 Å². The van der Waals surface area contributed by atoms with E-state index in [-0.39, 0.29) is 18.1 Å². The number of ether oxygens (including phenoxy) is 3. The standard InChI is InChI=1S/C19H21NO4/c1-14(18-13-23-16-9-5-6-10-17(16)24-18)20-19(21)11-12-22-15-7-3-2-4-8-15/h2-10,14,18H,11-13H2,1H3,(H,20,21)/t14-,18-/m1/s1. The summed E-state index contributed by atoms with van der Waals surface area (Å²) in [6.45, 7) is 2.67. The first-order valence-corrected chi connectivity index (χ1v) is 8.08. The van der Waals surface area contributed by atoms with Crippen LogP contribution >= 0.6 is 0 Å². The molecule has 0 unspecified atom stereocenters. The van der Waals surface area contributed by atoms with Crippen LogP contribution in [-0.4, -0.2) is 31.3 Å². The van der Waals surface area contributed by atoms with E-state index >= 15 is 0 Å². The van der Waals surface area contributed by atoms with Gasteiger partial charge < -0.3 is 19.5 Å². The predicted molar refractivity (Wildman–Crippen MR) is 90.5 cm³/mol. The Labute approximate surface area is 141 Å². The molecule has 0 saturated heterocycles. The molecule has 5 heteroatoms. The van der Waals surface area contributed by atoms with Crippen LogP contribution in [0, 0.1) is 0 Å². The Bertz CT molecular complexity index is 674. The molecule has 1 aliphatic heterocycles. The molecule has 2 atom stereocenters. The van der Waals surface area contributed by atoms with Crippen molar-refractivity contribution in [2.45, 2.75) is 25.5 Å². The van der Waals surface area contributed by atoms with E-state index < -0.39 is 0 Å². The van der Waals surface area contributed by atoms with Gasteiger partial charge in [0.05, 0.1) is 19.1 Å². The minimum Gasteiger partial charge on any atom is -0.493 e. The van der Waals surface area contributed by atoms with E-state index in [9.17, 15) is 4.79 Å². The van der Waals surface area contributed by atoms with Crippen molar-refractivity contribution in [3.8, 4) is 17.2 Å². The third kappa shape index (κ3) is 4.19. The monoisotopic (exact) mass is 327 g/mol. The molecule has 1 aliphatic rings. The van der Waals surface area contributed by atoms with Crippen LogP contribution in [0.3, 0.4) is 0 Å². The number of carbonyl (C=O) groups is 1. The van der Waals surface area contributed by atoms with Crippen LogP contribution in [0.2, 0.25) is 0 Å². The molecule has 0 aliphatic carbocycles. The first kappa shape index (κ1) is 16.2. The Morgan fingerprint density at radius 1 is 1.17 bits per heavy atom. The van der Waals surface area contributed by atoms with Crippen molar-refractivity contribution in [1.82, 2.24) is 5.32 Å². The molecule has 0 bridgehead atoms. The molecule has 2 aromatic carbocycles. The molecule has 126 valence electrons. The van der Waals surface area contributed by atoms with Gasteiger partial charge in [0.1, 0.15) is 12.4 Å². The van der Waals surface area contributed by atoms with Gasteiger partial charge in [0.2, 0.25) is 5.91 Å². The number of rotatable bonds is 6. The highest BCUT2D eigenvalue weighted by molar-refractivity contribution is 5.76. The van der Waals surface area contributed by atoms with Gasteiger partial charge in [-0.3, -0.25) is 4.79 Å². The smallest absolute Gasteiger partial charge is 0.223 e. The van der Waals surface area contributed by atoms with Crippen LogP contribution in [0.25, 0.3) is 0 Å². The van der Waals surface area contributed by atoms with Gasteiger partial charge in [-0.05, 0) is 31.2 Å². The van der Waals surface area contributed by atoms with Crippen molar-refractivity contribution in [2.24, 2.45) is 0 Å². The van der Waals surface area contributed by atoms with Gasteiger partial charge in [0.15, 0.2) is 17.6 Å². The fourth-order valence-electron chi connectivity index (χ4n) is 2.48. The van der Waals surface area contributed by atoms with Gasteiger partial charge in [-0.25, -0.2) is 0 Å². The number of fused-ring (bicyclic) bond motifs is 1. The molecule has 0 spiro atoms. The minimum atomic E-state index is -0.209. The van der Waals surface area contributed by atoms with Crippen LogP contribution < -0.4 is 19.5 Å². The summed E-state index contributed by atoms with van der Waals surface area (Å²) in [5.41, 5.74) is 0. The number of nitrogens with one attached hydrogen (secondary N) is 1. The molecule has 24 heavy (non-hydrogen) atoms. The molecule has 0 saturated carbocycles. The summed E-state index contributed by atoms with van der Waals surface area (Å²) in [5.74, 6) is 2.14. The summed E-state index contributed by atoms with van der Waals surface area (Å²) < 4.78 is 17.1. The maximum Gasteiger partial charge on any atom is 0.223 e. The van der Waals surface area contributed by atoms with Crippen molar-refractivity contribution in [1.29, 1.82) is 0 Å². The summed E-state index contributed by atoms with van der Waals surface area (Å²) >= 11 is 0. The highest BCUT2D eigenvalue weighted by atomic mass is 16.6. The summed E-state index contributed by atoms with van der Waals surface area (Å²) in [4.78, 5) is 12.0. The van der Waals surface area contributed by atoms with E-state index in [1.807, 2.05) is 61.5 Å². The lowest BCUT2D eigenvalue weighted by Gasteiger charge is -2.30. The van der Waals surface area contributed by atoms with Crippen molar-refractivity contribution >= 4 is 5.91 Å². The summed E-state index contributed by atoms with van der Waals surface area (Å²) in [5, 5.41) is 2.94. The lowest BCUT2D eigenvalue weighted by molar-refractivity contribution is -0.123. The van der Waals surface area contributed by atoms with E-state index in [4.69, 9.17) is 14.2 Å². The average molecular weight is 327 g/mol. The van der Waals surface area contributed by atoms with Crippen LogP contribution in [-0.2, 0) is 4.79 Å². The van der Waals surface area contributed by atoms with Crippen molar-refractivity contribution < 1.29 is 19.0 Å². The zero-order chi connectivity index (χ0) is 16.8. The Balaban J connectivity index is 1.43.